The predicted molar refractivity (Wildman–Crippen MR) is 84.1 cm³/mol. The van der Waals surface area contributed by atoms with Crippen LogP contribution in [0.25, 0.3) is 0 Å². The molecule has 2 atom stereocenters. The predicted octanol–water partition coefficient (Wildman–Crippen LogP) is 2.84. The van der Waals surface area contributed by atoms with E-state index in [4.69, 9.17) is 0 Å². The van der Waals surface area contributed by atoms with Gasteiger partial charge >= 0.3 is 0 Å². The van der Waals surface area contributed by atoms with Gasteiger partial charge in [0.05, 0.1) is 0 Å². The van der Waals surface area contributed by atoms with Crippen LogP contribution in [0.5, 0.6) is 0 Å². The summed E-state index contributed by atoms with van der Waals surface area (Å²) in [5, 5.41) is 3.42. The molecule has 1 saturated carbocycles. The van der Waals surface area contributed by atoms with Gasteiger partial charge in [0.15, 0.2) is 0 Å². The molecule has 0 bridgehead atoms. The van der Waals surface area contributed by atoms with Gasteiger partial charge in [0.2, 0.25) is 5.91 Å². The number of nitrogens with one attached hydrogen (secondary N) is 1. The number of likely N-dealkylation sites (tertiary alicyclic amines) is 1. The first-order valence-electron chi connectivity index (χ1n) is 8.25. The summed E-state index contributed by atoms with van der Waals surface area (Å²) in [6, 6.07) is 0. The van der Waals surface area contributed by atoms with E-state index >= 15 is 0 Å². The Balaban J connectivity index is 0.00000147. The van der Waals surface area contributed by atoms with Gasteiger partial charge in [-0.15, -0.1) is 12.4 Å². The zero-order chi connectivity index (χ0) is 13.3. The smallest absolute Gasteiger partial charge is 0.226 e. The topological polar surface area (TPSA) is 32.3 Å². The number of carbonyl (C=O) groups excluding carboxylic acids is 1. The number of rotatable bonds is 3. The van der Waals surface area contributed by atoms with E-state index in [0.29, 0.717) is 17.2 Å². The molecule has 20 heavy (non-hydrogen) atoms. The second-order valence-corrected chi connectivity index (χ2v) is 6.95. The molecule has 2 unspecified atom stereocenters. The molecule has 2 heterocycles. The summed E-state index contributed by atoms with van der Waals surface area (Å²) in [5.41, 5.74) is 0.403. The summed E-state index contributed by atoms with van der Waals surface area (Å²) >= 11 is 0. The molecular formula is C16H29ClN2O. The number of nitrogens with zero attached hydrogens (tertiary/aromatic N) is 1. The van der Waals surface area contributed by atoms with Crippen LogP contribution in [0.15, 0.2) is 0 Å². The van der Waals surface area contributed by atoms with E-state index in [2.05, 4.69) is 17.1 Å². The van der Waals surface area contributed by atoms with Gasteiger partial charge in [-0.2, -0.15) is 0 Å². The molecule has 0 radical (unpaired) electrons. The number of hydrogen-bond donors (Lipinski definition) is 1. The Morgan fingerprint density at radius 2 is 2.10 bits per heavy atom. The summed E-state index contributed by atoms with van der Waals surface area (Å²) in [4.78, 5) is 14.9. The molecule has 3 aliphatic rings. The van der Waals surface area contributed by atoms with E-state index in [1.165, 1.54) is 44.9 Å². The van der Waals surface area contributed by atoms with Crippen molar-refractivity contribution < 1.29 is 4.79 Å². The van der Waals surface area contributed by atoms with E-state index in [0.717, 1.165) is 32.1 Å². The normalized spacial score (nSPS) is 31.8. The van der Waals surface area contributed by atoms with Crippen LogP contribution in [-0.4, -0.2) is 37.0 Å². The van der Waals surface area contributed by atoms with Crippen molar-refractivity contribution in [1.82, 2.24) is 10.2 Å². The molecule has 116 valence electrons. The van der Waals surface area contributed by atoms with Gasteiger partial charge in [-0.1, -0.05) is 13.3 Å². The Morgan fingerprint density at radius 1 is 1.35 bits per heavy atom. The molecule has 3 fully saturated rings. The minimum absolute atomic E-state index is 0. The Kier molecular flexibility index (Phi) is 5.36. The highest BCUT2D eigenvalue weighted by molar-refractivity contribution is 5.85. The Morgan fingerprint density at radius 3 is 2.80 bits per heavy atom. The first-order valence-corrected chi connectivity index (χ1v) is 8.25. The highest BCUT2D eigenvalue weighted by Gasteiger charge is 2.58. The molecule has 0 aromatic carbocycles. The highest BCUT2D eigenvalue weighted by atomic mass is 35.5. The van der Waals surface area contributed by atoms with Crippen molar-refractivity contribution >= 4 is 18.3 Å². The maximum Gasteiger partial charge on any atom is 0.226 e. The van der Waals surface area contributed by atoms with Crippen molar-refractivity contribution in [3.63, 3.8) is 0 Å². The Hall–Kier alpha value is -0.280. The lowest BCUT2D eigenvalue weighted by molar-refractivity contribution is -0.135. The molecule has 1 aliphatic carbocycles. The molecule has 1 spiro atoms. The monoisotopic (exact) mass is 300 g/mol. The molecular weight excluding hydrogens is 272 g/mol. The van der Waals surface area contributed by atoms with Crippen molar-refractivity contribution in [3.8, 4) is 0 Å². The minimum atomic E-state index is 0. The van der Waals surface area contributed by atoms with Crippen LogP contribution < -0.4 is 5.32 Å². The zero-order valence-corrected chi connectivity index (χ0v) is 13.5. The number of carbonyl (C=O) groups is 1. The van der Waals surface area contributed by atoms with Gasteiger partial charge < -0.3 is 10.2 Å². The fourth-order valence-electron chi connectivity index (χ4n) is 4.30. The number of piperidine rings is 2. The van der Waals surface area contributed by atoms with Crippen LogP contribution >= 0.6 is 12.4 Å². The molecule has 2 saturated heterocycles. The van der Waals surface area contributed by atoms with E-state index < -0.39 is 0 Å². The maximum absolute atomic E-state index is 12.7. The summed E-state index contributed by atoms with van der Waals surface area (Å²) in [5.74, 6) is 1.63. The van der Waals surface area contributed by atoms with Crippen LogP contribution in [0.1, 0.15) is 51.9 Å². The third-order valence-electron chi connectivity index (χ3n) is 5.61. The Bertz CT molecular complexity index is 339. The average Bonchev–Trinajstić information content (AvgIpc) is 3.13. The van der Waals surface area contributed by atoms with Crippen LogP contribution in [0.4, 0.5) is 0 Å². The molecule has 4 heteroatoms. The molecule has 3 rings (SSSR count). The molecule has 2 aliphatic heterocycles. The summed E-state index contributed by atoms with van der Waals surface area (Å²) in [6.45, 7) is 6.54. The lowest BCUT2D eigenvalue weighted by atomic mass is 9.90. The summed E-state index contributed by atoms with van der Waals surface area (Å²) < 4.78 is 0. The van der Waals surface area contributed by atoms with Crippen molar-refractivity contribution in [3.05, 3.63) is 0 Å². The van der Waals surface area contributed by atoms with E-state index in [-0.39, 0.29) is 12.4 Å². The Labute approximate surface area is 129 Å². The van der Waals surface area contributed by atoms with Gasteiger partial charge in [-0.3, -0.25) is 4.79 Å². The highest BCUT2D eigenvalue weighted by Crippen LogP contribution is 2.59. The van der Waals surface area contributed by atoms with Gasteiger partial charge in [-0.25, -0.2) is 0 Å². The second-order valence-electron chi connectivity index (χ2n) is 6.95. The molecule has 1 amide bonds. The average molecular weight is 301 g/mol. The van der Waals surface area contributed by atoms with E-state index in [1.54, 1.807) is 0 Å². The van der Waals surface area contributed by atoms with Crippen LogP contribution in [0.3, 0.4) is 0 Å². The van der Waals surface area contributed by atoms with Crippen molar-refractivity contribution in [1.29, 1.82) is 0 Å². The van der Waals surface area contributed by atoms with Gasteiger partial charge in [0.25, 0.3) is 0 Å². The first kappa shape index (κ1) is 16.1. The summed E-state index contributed by atoms with van der Waals surface area (Å²) in [6.07, 6.45) is 8.71. The van der Waals surface area contributed by atoms with Crippen LogP contribution in [0, 0.1) is 17.3 Å². The van der Waals surface area contributed by atoms with Crippen LogP contribution in [0.2, 0.25) is 0 Å². The first-order chi connectivity index (χ1) is 9.25. The largest absolute Gasteiger partial charge is 0.342 e. The molecule has 1 N–H and O–H groups in total. The maximum atomic E-state index is 12.7. The van der Waals surface area contributed by atoms with Crippen molar-refractivity contribution in [2.24, 2.45) is 17.3 Å². The van der Waals surface area contributed by atoms with Gasteiger partial charge in [0.1, 0.15) is 0 Å². The third-order valence-corrected chi connectivity index (χ3v) is 5.61. The summed E-state index contributed by atoms with van der Waals surface area (Å²) in [7, 11) is 0. The molecule has 0 aromatic rings. The molecule has 3 nitrogen and oxygen atoms in total. The molecule has 0 aromatic heterocycles. The quantitative estimate of drug-likeness (QED) is 0.869. The fourth-order valence-corrected chi connectivity index (χ4v) is 4.30. The second kappa shape index (κ2) is 6.65. The fraction of sp³-hybridized carbons (Fsp3) is 0.938. The SMILES string of the molecule is CCCC1CCCN(C(=O)C2CC23CCNCC3)C1.Cl. The van der Waals surface area contributed by atoms with E-state index in [1.807, 2.05) is 0 Å². The number of halogens is 1. The number of hydrogen-bond acceptors (Lipinski definition) is 2. The van der Waals surface area contributed by atoms with Crippen molar-refractivity contribution in [2.45, 2.75) is 51.9 Å². The lowest BCUT2D eigenvalue weighted by Gasteiger charge is -2.34. The van der Waals surface area contributed by atoms with Gasteiger partial charge in [0, 0.05) is 19.0 Å². The van der Waals surface area contributed by atoms with E-state index in [9.17, 15) is 4.79 Å². The van der Waals surface area contributed by atoms with Crippen LogP contribution in [-0.2, 0) is 4.79 Å². The third kappa shape index (κ3) is 3.14. The van der Waals surface area contributed by atoms with Crippen molar-refractivity contribution in [2.75, 3.05) is 26.2 Å². The standard InChI is InChI=1S/C16H28N2O.ClH/c1-2-4-13-5-3-10-18(12-13)15(19)14-11-16(14)6-8-17-9-7-16;/h13-14,17H,2-12H2,1H3;1H. The lowest BCUT2D eigenvalue weighted by Crippen LogP contribution is -2.42. The van der Waals surface area contributed by atoms with Gasteiger partial charge in [-0.05, 0) is 62.9 Å². The minimum Gasteiger partial charge on any atom is -0.342 e. The number of amides is 1. The zero-order valence-electron chi connectivity index (χ0n) is 12.7.